The molecule has 1 amide bonds. The highest BCUT2D eigenvalue weighted by Gasteiger charge is 2.40. The van der Waals surface area contributed by atoms with E-state index in [-0.39, 0.29) is 11.6 Å². The highest BCUT2D eigenvalue weighted by atomic mass is 28.4. The number of amides is 1. The van der Waals surface area contributed by atoms with Gasteiger partial charge in [-0.05, 0) is 69.1 Å². The smallest absolute Gasteiger partial charge is 0.416 e. The molecule has 2 rings (SSSR count). The Balaban J connectivity index is 2.38. The largest absolute Gasteiger partial charge is 0.543 e. The van der Waals surface area contributed by atoms with Crippen LogP contribution in [0, 0.1) is 0 Å². The molecule has 0 aliphatic carbocycles. The van der Waals surface area contributed by atoms with Crippen LogP contribution in [0.25, 0.3) is 5.57 Å². The van der Waals surface area contributed by atoms with Crippen molar-refractivity contribution in [3.05, 3.63) is 35.4 Å². The van der Waals surface area contributed by atoms with Crippen LogP contribution in [0.2, 0.25) is 18.1 Å². The molecule has 0 fully saturated rings. The fraction of sp³-hybridized carbons (Fsp3) is 0.609. The number of carbonyl (C=O) groups is 1. The van der Waals surface area contributed by atoms with Gasteiger partial charge in [-0.1, -0.05) is 26.8 Å². The predicted molar refractivity (Wildman–Crippen MR) is 120 cm³/mol. The second-order valence-electron chi connectivity index (χ2n) is 10.5. The molecular formula is C23H34F3NO3Si. The van der Waals surface area contributed by atoms with Crippen molar-refractivity contribution >= 4 is 20.0 Å². The average Bonchev–Trinajstić information content (AvgIpc) is 2.58. The van der Waals surface area contributed by atoms with Gasteiger partial charge >= 0.3 is 12.3 Å². The van der Waals surface area contributed by atoms with E-state index in [1.165, 1.54) is 6.07 Å². The zero-order valence-corrected chi connectivity index (χ0v) is 20.7. The third-order valence-corrected chi connectivity index (χ3v) is 10.0. The second kappa shape index (κ2) is 8.52. The van der Waals surface area contributed by atoms with E-state index >= 15 is 0 Å². The molecule has 1 aliphatic rings. The summed E-state index contributed by atoms with van der Waals surface area (Å²) in [6.07, 6.45) is -2.65. The Kier molecular flexibility index (Phi) is 6.96. The number of carbonyl (C=O) groups excluding carboxylic acids is 1. The third-order valence-electron chi connectivity index (χ3n) is 5.68. The lowest BCUT2D eigenvalue weighted by Crippen LogP contribution is -2.44. The van der Waals surface area contributed by atoms with Crippen LogP contribution in [0.3, 0.4) is 0 Å². The zero-order chi connectivity index (χ0) is 23.8. The lowest BCUT2D eigenvalue weighted by molar-refractivity contribution is -0.137. The predicted octanol–water partition coefficient (Wildman–Crippen LogP) is 7.11. The minimum atomic E-state index is -4.44. The van der Waals surface area contributed by atoms with E-state index in [2.05, 4.69) is 33.9 Å². The molecule has 1 aromatic carbocycles. The number of halogens is 3. The van der Waals surface area contributed by atoms with Gasteiger partial charge in [-0.2, -0.15) is 13.2 Å². The summed E-state index contributed by atoms with van der Waals surface area (Å²) in [4.78, 5) is 13.9. The Labute approximate surface area is 184 Å². The third kappa shape index (κ3) is 6.51. The molecular weight excluding hydrogens is 423 g/mol. The SMILES string of the molecule is CC(C)(C)OC(=O)N1CC=C(c2cc(C(F)(F)F)ccc2O[Si](C)(C)C(C)(C)C)CC1. The van der Waals surface area contributed by atoms with Gasteiger partial charge in [-0.15, -0.1) is 0 Å². The molecule has 0 unspecified atom stereocenters. The molecule has 0 saturated carbocycles. The van der Waals surface area contributed by atoms with Gasteiger partial charge in [0.15, 0.2) is 0 Å². The Morgan fingerprint density at radius 3 is 2.13 bits per heavy atom. The highest BCUT2D eigenvalue weighted by Crippen LogP contribution is 2.42. The standard InChI is InChI=1S/C23H34F3NO3Si/c1-21(2,3)29-20(28)27-13-11-16(12-14-27)18-15-17(23(24,25)26)9-10-19(18)30-31(7,8)22(4,5)6/h9-11,15H,12-14H2,1-8H3. The molecule has 1 aromatic rings. The Bertz CT molecular complexity index is 849. The maximum absolute atomic E-state index is 13.4. The normalized spacial score (nSPS) is 16.1. The topological polar surface area (TPSA) is 38.8 Å². The molecule has 0 aromatic heterocycles. The van der Waals surface area contributed by atoms with Gasteiger partial charge in [0, 0.05) is 18.7 Å². The van der Waals surface area contributed by atoms with Crippen LogP contribution in [-0.4, -0.2) is 38.0 Å². The lowest BCUT2D eigenvalue weighted by atomic mass is 9.96. The van der Waals surface area contributed by atoms with Crippen LogP contribution in [0.15, 0.2) is 24.3 Å². The highest BCUT2D eigenvalue weighted by molar-refractivity contribution is 6.74. The first kappa shape index (κ1) is 25.3. The van der Waals surface area contributed by atoms with E-state index in [0.29, 0.717) is 24.3 Å². The number of hydrogen-bond acceptors (Lipinski definition) is 3. The Hall–Kier alpha value is -1.96. The Morgan fingerprint density at radius 2 is 1.68 bits per heavy atom. The minimum absolute atomic E-state index is 0.0958. The van der Waals surface area contributed by atoms with Gasteiger partial charge in [0.05, 0.1) is 5.56 Å². The van der Waals surface area contributed by atoms with Crippen LogP contribution < -0.4 is 4.43 Å². The zero-order valence-electron chi connectivity index (χ0n) is 19.7. The van der Waals surface area contributed by atoms with Crippen LogP contribution >= 0.6 is 0 Å². The lowest BCUT2D eigenvalue weighted by Gasteiger charge is -2.37. The number of hydrogen-bond donors (Lipinski definition) is 0. The molecule has 0 saturated heterocycles. The van der Waals surface area contributed by atoms with Gasteiger partial charge in [0.1, 0.15) is 11.4 Å². The van der Waals surface area contributed by atoms with Crippen LogP contribution in [-0.2, 0) is 10.9 Å². The van der Waals surface area contributed by atoms with Crippen LogP contribution in [0.5, 0.6) is 5.75 Å². The number of ether oxygens (including phenoxy) is 1. The van der Waals surface area contributed by atoms with E-state index in [1.54, 1.807) is 31.7 Å². The number of nitrogens with zero attached hydrogens (tertiary/aromatic N) is 1. The van der Waals surface area contributed by atoms with Gasteiger partial charge in [0.25, 0.3) is 8.32 Å². The fourth-order valence-corrected chi connectivity index (χ4v) is 3.91. The molecule has 4 nitrogen and oxygen atoms in total. The van der Waals surface area contributed by atoms with E-state index in [1.807, 2.05) is 0 Å². The molecule has 1 heterocycles. The van der Waals surface area contributed by atoms with Crippen molar-refractivity contribution in [2.24, 2.45) is 0 Å². The molecule has 0 spiro atoms. The summed E-state index contributed by atoms with van der Waals surface area (Å²) < 4.78 is 52.0. The van der Waals surface area contributed by atoms with Crippen molar-refractivity contribution in [2.75, 3.05) is 13.1 Å². The summed E-state index contributed by atoms with van der Waals surface area (Å²) in [5.74, 6) is 0.469. The summed E-state index contributed by atoms with van der Waals surface area (Å²) in [7, 11) is -2.26. The van der Waals surface area contributed by atoms with Crippen LogP contribution in [0.1, 0.15) is 59.1 Å². The summed E-state index contributed by atoms with van der Waals surface area (Å²) in [6, 6.07) is 3.67. The molecule has 0 N–H and O–H groups in total. The van der Waals surface area contributed by atoms with Gasteiger partial charge in [-0.3, -0.25) is 0 Å². The van der Waals surface area contributed by atoms with E-state index in [9.17, 15) is 18.0 Å². The fourth-order valence-electron chi connectivity index (χ4n) is 2.88. The first-order chi connectivity index (χ1) is 13.9. The van der Waals surface area contributed by atoms with Crippen molar-refractivity contribution in [1.29, 1.82) is 0 Å². The van der Waals surface area contributed by atoms with Gasteiger partial charge < -0.3 is 14.1 Å². The van der Waals surface area contributed by atoms with Crippen molar-refractivity contribution < 1.29 is 27.1 Å². The van der Waals surface area contributed by atoms with E-state index in [0.717, 1.165) is 17.7 Å². The monoisotopic (exact) mass is 457 g/mol. The maximum atomic E-state index is 13.4. The van der Waals surface area contributed by atoms with Crippen molar-refractivity contribution in [3.8, 4) is 5.75 Å². The molecule has 0 bridgehead atoms. The second-order valence-corrected chi connectivity index (χ2v) is 15.2. The molecule has 1 aliphatic heterocycles. The number of alkyl halides is 3. The molecule has 0 radical (unpaired) electrons. The first-order valence-electron chi connectivity index (χ1n) is 10.5. The van der Waals surface area contributed by atoms with E-state index < -0.39 is 31.8 Å². The summed E-state index contributed by atoms with van der Waals surface area (Å²) in [5, 5.41) is -0.0958. The molecule has 31 heavy (non-hydrogen) atoms. The Morgan fingerprint density at radius 1 is 1.06 bits per heavy atom. The molecule has 8 heteroatoms. The molecule has 0 atom stereocenters. The van der Waals surface area contributed by atoms with Crippen molar-refractivity contribution in [2.45, 2.75) is 77.9 Å². The average molecular weight is 458 g/mol. The summed E-state index contributed by atoms with van der Waals surface area (Å²) in [5.41, 5.74) is -0.115. The van der Waals surface area contributed by atoms with Crippen LogP contribution in [0.4, 0.5) is 18.0 Å². The van der Waals surface area contributed by atoms with Crippen molar-refractivity contribution in [1.82, 2.24) is 4.90 Å². The summed E-state index contributed by atoms with van der Waals surface area (Å²) >= 11 is 0. The molecule has 174 valence electrons. The quantitative estimate of drug-likeness (QED) is 0.454. The van der Waals surface area contributed by atoms with Gasteiger partial charge in [0.2, 0.25) is 0 Å². The van der Waals surface area contributed by atoms with Gasteiger partial charge in [-0.25, -0.2) is 4.79 Å². The maximum Gasteiger partial charge on any atom is 0.416 e. The number of rotatable bonds is 3. The first-order valence-corrected chi connectivity index (χ1v) is 13.4. The summed E-state index contributed by atoms with van der Waals surface area (Å²) in [6.45, 7) is 16.4. The minimum Gasteiger partial charge on any atom is -0.543 e. The van der Waals surface area contributed by atoms with Crippen molar-refractivity contribution in [3.63, 3.8) is 0 Å². The van der Waals surface area contributed by atoms with E-state index in [4.69, 9.17) is 9.16 Å². The number of benzene rings is 1.